The molecule has 150 valence electrons. The number of benzene rings is 2. The fourth-order valence-electron chi connectivity index (χ4n) is 4.54. The second kappa shape index (κ2) is 10.0. The number of carbonyl (C=O) groups is 1. The molecule has 2 aromatic carbocycles. The van der Waals surface area contributed by atoms with Gasteiger partial charge >= 0.3 is 29.6 Å². The minimum Gasteiger partial charge on any atom is -0.549 e. The van der Waals surface area contributed by atoms with Crippen LogP contribution in [0.3, 0.4) is 0 Å². The smallest absolute Gasteiger partial charge is 0.549 e. The molecular weight excluding hydrogens is 391 g/mol. The van der Waals surface area contributed by atoms with Crippen LogP contribution in [0.1, 0.15) is 55.7 Å². The average Bonchev–Trinajstić information content (AvgIpc) is 3.50. The predicted molar refractivity (Wildman–Crippen MR) is 113 cm³/mol. The Morgan fingerprint density at radius 1 is 1.14 bits per heavy atom. The summed E-state index contributed by atoms with van der Waals surface area (Å²) < 4.78 is 0. The summed E-state index contributed by atoms with van der Waals surface area (Å²) in [6.07, 6.45) is 3.19. The minimum absolute atomic E-state index is 0. The molecular formula is C24H29NaO3S. The van der Waals surface area contributed by atoms with Crippen molar-refractivity contribution in [3.63, 3.8) is 0 Å². The van der Waals surface area contributed by atoms with Crippen molar-refractivity contribution in [1.29, 1.82) is 0 Å². The maximum atomic E-state index is 12.4. The molecule has 0 amide bonds. The molecule has 0 radical (unpaired) electrons. The number of hydrogen-bond donors (Lipinski definition) is 2. The molecule has 1 aliphatic rings. The Morgan fingerprint density at radius 3 is 2.24 bits per heavy atom. The number of carbonyl (C=O) groups excluding carboxylic acids is 1. The van der Waals surface area contributed by atoms with Crippen molar-refractivity contribution in [3.05, 3.63) is 71.3 Å². The zero-order valence-corrected chi connectivity index (χ0v) is 20.5. The van der Waals surface area contributed by atoms with Crippen LogP contribution in [0.5, 0.6) is 0 Å². The van der Waals surface area contributed by atoms with E-state index in [1.807, 2.05) is 54.6 Å². The van der Waals surface area contributed by atoms with Gasteiger partial charge in [0, 0.05) is 17.1 Å². The van der Waals surface area contributed by atoms with Crippen LogP contribution >= 0.6 is 12.6 Å². The van der Waals surface area contributed by atoms with Crippen molar-refractivity contribution in [3.8, 4) is 0 Å². The van der Waals surface area contributed by atoms with Gasteiger partial charge in [0.25, 0.3) is 0 Å². The topological polar surface area (TPSA) is 60.4 Å². The van der Waals surface area contributed by atoms with Gasteiger partial charge in [0.2, 0.25) is 0 Å². The van der Waals surface area contributed by atoms with Crippen molar-refractivity contribution in [2.24, 2.45) is 11.3 Å². The van der Waals surface area contributed by atoms with Crippen LogP contribution in [0.4, 0.5) is 0 Å². The minimum atomic E-state index is -0.991. The van der Waals surface area contributed by atoms with E-state index in [1.165, 1.54) is 0 Å². The molecule has 2 aromatic rings. The van der Waals surface area contributed by atoms with E-state index in [-0.39, 0.29) is 47.1 Å². The first-order valence-electron chi connectivity index (χ1n) is 9.98. The van der Waals surface area contributed by atoms with Crippen LogP contribution in [0.25, 0.3) is 0 Å². The zero-order valence-electron chi connectivity index (χ0n) is 17.6. The largest absolute Gasteiger partial charge is 1.00 e. The monoisotopic (exact) mass is 420 g/mol. The van der Waals surface area contributed by atoms with E-state index in [4.69, 9.17) is 0 Å². The Hall–Kier alpha value is -0.780. The molecule has 0 aromatic heterocycles. The fourth-order valence-corrected chi connectivity index (χ4v) is 5.15. The molecule has 2 unspecified atom stereocenters. The SMILES string of the molecule is CC(C)(O)c1ccccc1CCC(c1ccccc1)C(CS)(C(=O)[O-])C1CC1.[Na+]. The van der Waals surface area contributed by atoms with Crippen LogP contribution < -0.4 is 34.7 Å². The third-order valence-corrected chi connectivity index (χ3v) is 6.67. The van der Waals surface area contributed by atoms with Crippen LogP contribution in [0.2, 0.25) is 0 Å². The molecule has 0 heterocycles. The summed E-state index contributed by atoms with van der Waals surface area (Å²) in [5.41, 5.74) is 1.06. The van der Waals surface area contributed by atoms with Gasteiger partial charge in [-0.1, -0.05) is 54.6 Å². The Morgan fingerprint density at radius 2 is 1.72 bits per heavy atom. The molecule has 1 N–H and O–H groups in total. The Balaban J connectivity index is 0.00000300. The first-order chi connectivity index (χ1) is 13.3. The van der Waals surface area contributed by atoms with Crippen LogP contribution in [0.15, 0.2) is 54.6 Å². The van der Waals surface area contributed by atoms with Gasteiger partial charge in [-0.25, -0.2) is 0 Å². The molecule has 29 heavy (non-hydrogen) atoms. The third-order valence-electron chi connectivity index (χ3n) is 6.15. The van der Waals surface area contributed by atoms with E-state index in [2.05, 4.69) is 12.6 Å². The van der Waals surface area contributed by atoms with E-state index >= 15 is 0 Å². The maximum Gasteiger partial charge on any atom is 1.00 e. The van der Waals surface area contributed by atoms with Gasteiger partial charge in [0.05, 0.1) is 5.60 Å². The number of aliphatic carboxylic acids is 1. The second-order valence-electron chi connectivity index (χ2n) is 8.48. The second-order valence-corrected chi connectivity index (χ2v) is 8.79. The molecule has 1 saturated carbocycles. The summed E-state index contributed by atoms with van der Waals surface area (Å²) in [6.45, 7) is 3.56. The van der Waals surface area contributed by atoms with Gasteiger partial charge in [-0.3, -0.25) is 0 Å². The average molecular weight is 421 g/mol. The predicted octanol–water partition coefficient (Wildman–Crippen LogP) is 0.710. The Labute approximate surface area is 201 Å². The number of carboxylic acids is 1. The van der Waals surface area contributed by atoms with E-state index in [0.717, 1.165) is 29.5 Å². The van der Waals surface area contributed by atoms with Crippen LogP contribution in [0, 0.1) is 11.3 Å². The molecule has 3 rings (SSSR count). The molecule has 0 spiro atoms. The van der Waals surface area contributed by atoms with E-state index < -0.39 is 17.0 Å². The number of hydrogen-bond acceptors (Lipinski definition) is 4. The summed E-state index contributed by atoms with van der Waals surface area (Å²) in [5.74, 6) is -0.787. The number of aliphatic hydroxyl groups is 1. The summed E-state index contributed by atoms with van der Waals surface area (Å²) in [7, 11) is 0. The molecule has 5 heteroatoms. The van der Waals surface area contributed by atoms with E-state index in [1.54, 1.807) is 13.8 Å². The van der Waals surface area contributed by atoms with Gasteiger partial charge in [-0.2, -0.15) is 12.6 Å². The van der Waals surface area contributed by atoms with Crippen molar-refractivity contribution >= 4 is 18.6 Å². The van der Waals surface area contributed by atoms with Gasteiger partial charge in [-0.05, 0) is 68.1 Å². The zero-order chi connectivity index (χ0) is 20.4. The molecule has 1 fully saturated rings. The molecule has 0 saturated heterocycles. The van der Waals surface area contributed by atoms with Crippen LogP contribution in [-0.2, 0) is 16.8 Å². The first kappa shape index (κ1) is 24.5. The van der Waals surface area contributed by atoms with Crippen molar-refractivity contribution in [2.75, 3.05) is 5.75 Å². The summed E-state index contributed by atoms with van der Waals surface area (Å²) in [6, 6.07) is 17.7. The standard InChI is InChI=1S/C24H30O3S.Na/c1-23(2,27)20-11-7-6-10-18(20)12-15-21(17-8-4-3-5-9-17)24(16-28,22(25)26)19-13-14-19;/h3-11,19,21,27-28H,12-16H2,1-2H3,(H,25,26);/q;+1/p-1. The molecule has 2 atom stereocenters. The van der Waals surface area contributed by atoms with Crippen molar-refractivity contribution < 1.29 is 44.6 Å². The van der Waals surface area contributed by atoms with E-state index in [9.17, 15) is 15.0 Å². The third kappa shape index (κ3) is 5.29. The number of rotatable bonds is 9. The summed E-state index contributed by atoms with van der Waals surface area (Å²) in [5, 5.41) is 22.9. The molecule has 0 aliphatic heterocycles. The maximum absolute atomic E-state index is 12.4. The molecule has 0 bridgehead atoms. The summed E-state index contributed by atoms with van der Waals surface area (Å²) in [4.78, 5) is 12.4. The normalized spacial score (nSPS) is 17.1. The molecule has 3 nitrogen and oxygen atoms in total. The van der Waals surface area contributed by atoms with Crippen molar-refractivity contribution in [1.82, 2.24) is 0 Å². The quantitative estimate of drug-likeness (QED) is 0.464. The Kier molecular flexibility index (Phi) is 8.46. The Bertz CT molecular complexity index is 814. The van der Waals surface area contributed by atoms with E-state index in [0.29, 0.717) is 12.8 Å². The fraction of sp³-hybridized carbons (Fsp3) is 0.458. The van der Waals surface area contributed by atoms with Gasteiger partial charge < -0.3 is 15.0 Å². The van der Waals surface area contributed by atoms with Gasteiger partial charge in [0.1, 0.15) is 0 Å². The number of thiol groups is 1. The number of carboxylic acid groups (broad SMARTS) is 1. The van der Waals surface area contributed by atoms with Crippen LogP contribution in [-0.4, -0.2) is 16.8 Å². The van der Waals surface area contributed by atoms with Gasteiger partial charge in [-0.15, -0.1) is 0 Å². The first-order valence-corrected chi connectivity index (χ1v) is 10.6. The van der Waals surface area contributed by atoms with Crippen molar-refractivity contribution in [2.45, 2.75) is 51.0 Å². The van der Waals surface area contributed by atoms with Gasteiger partial charge in [0.15, 0.2) is 0 Å². The molecule has 1 aliphatic carbocycles. The summed E-state index contributed by atoms with van der Waals surface area (Å²) >= 11 is 4.50. The number of aryl methyl sites for hydroxylation is 1.